The second-order valence-electron chi connectivity index (χ2n) is 7.45. The van der Waals surface area contributed by atoms with Crippen LogP contribution in [0.25, 0.3) is 11.0 Å². The zero-order valence-corrected chi connectivity index (χ0v) is 18.5. The van der Waals surface area contributed by atoms with Gasteiger partial charge in [-0.2, -0.15) is 0 Å². The van der Waals surface area contributed by atoms with E-state index < -0.39 is 0 Å². The number of amides is 1. The van der Waals surface area contributed by atoms with Crippen LogP contribution < -0.4 is 15.4 Å². The van der Waals surface area contributed by atoms with E-state index in [9.17, 15) is 4.79 Å². The van der Waals surface area contributed by atoms with Gasteiger partial charge in [0.2, 0.25) is 0 Å². The quantitative estimate of drug-likeness (QED) is 0.382. The van der Waals surface area contributed by atoms with E-state index in [2.05, 4.69) is 25.5 Å². The number of fused-ring (bicyclic) bond motifs is 1. The highest BCUT2D eigenvalue weighted by Gasteiger charge is 2.21. The Morgan fingerprint density at radius 3 is 2.90 bits per heavy atom. The minimum atomic E-state index is -0.176. The molecule has 1 atom stereocenters. The first-order valence-corrected chi connectivity index (χ1v) is 10.8. The molecule has 0 saturated carbocycles. The number of rotatable bonds is 8. The number of likely N-dealkylation sites (N-methyl/N-ethyl adjacent to an activating group) is 1. The van der Waals surface area contributed by atoms with Gasteiger partial charge in [-0.05, 0) is 55.4 Å². The largest absolute Gasteiger partial charge is 0.497 e. The smallest absolute Gasteiger partial charge is 0.264 e. The standard InChI is InChI=1S/C23H25N5O2S/c1-28(2)14-20(15-5-4-6-16(13-15)30-3)27-23(29)21-19(9-12-31-21)26-18-8-11-25-22-17(18)7-10-24-22/h4-13,20H,14H2,1-3H3,(H,27,29)(H2,24,25,26). The molecule has 0 bridgehead atoms. The first-order valence-electron chi connectivity index (χ1n) is 9.91. The van der Waals surface area contributed by atoms with Crippen molar-refractivity contribution in [1.82, 2.24) is 20.2 Å². The molecule has 1 aromatic carbocycles. The number of hydrogen-bond acceptors (Lipinski definition) is 6. The maximum atomic E-state index is 13.2. The molecule has 0 saturated heterocycles. The van der Waals surface area contributed by atoms with Crippen molar-refractivity contribution in [2.24, 2.45) is 0 Å². The number of carbonyl (C=O) groups is 1. The van der Waals surface area contributed by atoms with Crippen molar-refractivity contribution in [2.45, 2.75) is 6.04 Å². The van der Waals surface area contributed by atoms with Crippen molar-refractivity contribution >= 4 is 39.7 Å². The van der Waals surface area contributed by atoms with Crippen molar-refractivity contribution in [2.75, 3.05) is 33.1 Å². The summed E-state index contributed by atoms with van der Waals surface area (Å²) in [5.74, 6) is 0.647. The number of anilines is 2. The van der Waals surface area contributed by atoms with Gasteiger partial charge in [0.25, 0.3) is 5.91 Å². The molecule has 0 fully saturated rings. The molecule has 0 spiro atoms. The highest BCUT2D eigenvalue weighted by molar-refractivity contribution is 7.12. The molecule has 7 nitrogen and oxygen atoms in total. The van der Waals surface area contributed by atoms with Crippen LogP contribution in [0.15, 0.2) is 60.2 Å². The van der Waals surface area contributed by atoms with Crippen LogP contribution in [0.4, 0.5) is 11.4 Å². The molecule has 1 unspecified atom stereocenters. The third-order valence-electron chi connectivity index (χ3n) is 4.95. The average Bonchev–Trinajstić information content (AvgIpc) is 3.43. The summed E-state index contributed by atoms with van der Waals surface area (Å²) < 4.78 is 5.36. The Morgan fingerprint density at radius 1 is 1.23 bits per heavy atom. The summed E-state index contributed by atoms with van der Waals surface area (Å²) in [7, 11) is 5.62. The maximum Gasteiger partial charge on any atom is 0.264 e. The van der Waals surface area contributed by atoms with Crippen molar-refractivity contribution < 1.29 is 9.53 Å². The first kappa shape index (κ1) is 20.9. The van der Waals surface area contributed by atoms with Crippen molar-refractivity contribution in [3.8, 4) is 5.75 Å². The van der Waals surface area contributed by atoms with Crippen LogP contribution in [0.2, 0.25) is 0 Å². The Hall–Kier alpha value is -3.36. The van der Waals surface area contributed by atoms with Gasteiger partial charge in [-0.3, -0.25) is 4.79 Å². The lowest BCUT2D eigenvalue weighted by Gasteiger charge is -2.23. The Balaban J connectivity index is 1.57. The Morgan fingerprint density at radius 2 is 2.10 bits per heavy atom. The fraction of sp³-hybridized carbons (Fsp3) is 0.217. The molecule has 3 heterocycles. The summed E-state index contributed by atoms with van der Waals surface area (Å²) in [5.41, 5.74) is 3.47. The van der Waals surface area contributed by atoms with Gasteiger partial charge in [0.05, 0.1) is 24.5 Å². The maximum absolute atomic E-state index is 13.2. The number of hydrogen-bond donors (Lipinski definition) is 3. The summed E-state index contributed by atoms with van der Waals surface area (Å²) >= 11 is 1.41. The third-order valence-corrected chi connectivity index (χ3v) is 5.86. The number of aromatic amines is 1. The van der Waals surface area contributed by atoms with Crippen molar-refractivity contribution in [1.29, 1.82) is 0 Å². The second-order valence-corrected chi connectivity index (χ2v) is 8.37. The van der Waals surface area contributed by atoms with Crippen LogP contribution in [0.5, 0.6) is 5.75 Å². The number of nitrogens with one attached hydrogen (secondary N) is 3. The number of methoxy groups -OCH3 is 1. The fourth-order valence-corrected chi connectivity index (χ4v) is 4.23. The lowest BCUT2D eigenvalue weighted by atomic mass is 10.1. The van der Waals surface area contributed by atoms with Gasteiger partial charge in [0, 0.05) is 24.3 Å². The second kappa shape index (κ2) is 9.20. The third kappa shape index (κ3) is 4.70. The summed E-state index contributed by atoms with van der Waals surface area (Å²) in [4.78, 5) is 23.3. The van der Waals surface area contributed by atoms with Gasteiger partial charge in [0.1, 0.15) is 16.3 Å². The van der Waals surface area contributed by atoms with Gasteiger partial charge < -0.3 is 25.3 Å². The number of thiophene rings is 1. The predicted molar refractivity (Wildman–Crippen MR) is 125 cm³/mol. The van der Waals surface area contributed by atoms with Crippen molar-refractivity contribution in [3.05, 3.63) is 70.7 Å². The highest BCUT2D eigenvalue weighted by Crippen LogP contribution is 2.30. The van der Waals surface area contributed by atoms with E-state index in [4.69, 9.17) is 4.74 Å². The van der Waals surface area contributed by atoms with Crippen molar-refractivity contribution in [3.63, 3.8) is 0 Å². The Labute approximate surface area is 185 Å². The van der Waals surface area contributed by atoms with Crippen LogP contribution in [-0.4, -0.2) is 48.5 Å². The zero-order chi connectivity index (χ0) is 21.8. The van der Waals surface area contributed by atoms with E-state index in [-0.39, 0.29) is 11.9 Å². The molecule has 4 aromatic rings. The van der Waals surface area contributed by atoms with Gasteiger partial charge >= 0.3 is 0 Å². The molecule has 4 rings (SSSR count). The fourth-order valence-electron chi connectivity index (χ4n) is 3.48. The number of ether oxygens (including phenoxy) is 1. The number of nitrogens with zero attached hydrogens (tertiary/aromatic N) is 2. The van der Waals surface area contributed by atoms with E-state index in [1.807, 2.05) is 68.1 Å². The lowest BCUT2D eigenvalue weighted by molar-refractivity contribution is 0.0934. The molecule has 0 aliphatic heterocycles. The van der Waals surface area contributed by atoms with E-state index in [0.29, 0.717) is 11.4 Å². The van der Waals surface area contributed by atoms with Gasteiger partial charge in [-0.25, -0.2) is 4.98 Å². The Bertz CT molecular complexity index is 1180. The summed E-state index contributed by atoms with van der Waals surface area (Å²) in [6.07, 6.45) is 3.59. The molecule has 3 aromatic heterocycles. The number of benzene rings is 1. The number of pyridine rings is 1. The van der Waals surface area contributed by atoms with E-state index >= 15 is 0 Å². The van der Waals surface area contributed by atoms with Gasteiger partial charge in [0.15, 0.2) is 0 Å². The minimum Gasteiger partial charge on any atom is -0.497 e. The minimum absolute atomic E-state index is 0.119. The van der Waals surface area contributed by atoms with E-state index in [1.54, 1.807) is 13.3 Å². The lowest BCUT2D eigenvalue weighted by Crippen LogP contribution is -2.35. The molecular weight excluding hydrogens is 410 g/mol. The molecule has 0 aliphatic rings. The summed E-state index contributed by atoms with van der Waals surface area (Å²) in [5, 5.41) is 9.48. The summed E-state index contributed by atoms with van der Waals surface area (Å²) in [6, 6.07) is 13.4. The number of H-pyrrole nitrogens is 1. The molecule has 8 heteroatoms. The average molecular weight is 436 g/mol. The van der Waals surface area contributed by atoms with E-state index in [0.717, 1.165) is 33.7 Å². The monoisotopic (exact) mass is 435 g/mol. The molecule has 0 radical (unpaired) electrons. The molecule has 1 amide bonds. The predicted octanol–water partition coefficient (Wildman–Crippen LogP) is 4.41. The van der Waals surface area contributed by atoms with Crippen LogP contribution in [0.3, 0.4) is 0 Å². The SMILES string of the molecule is COc1cccc(C(CN(C)C)NC(=O)c2sccc2Nc2ccnc3[nH]ccc23)c1. The highest BCUT2D eigenvalue weighted by atomic mass is 32.1. The Kier molecular flexibility index (Phi) is 6.20. The van der Waals surface area contributed by atoms with Crippen LogP contribution in [-0.2, 0) is 0 Å². The zero-order valence-electron chi connectivity index (χ0n) is 17.7. The van der Waals surface area contributed by atoms with Crippen LogP contribution >= 0.6 is 11.3 Å². The van der Waals surface area contributed by atoms with E-state index in [1.165, 1.54) is 11.3 Å². The normalized spacial score (nSPS) is 12.1. The van der Waals surface area contributed by atoms with Gasteiger partial charge in [-0.15, -0.1) is 11.3 Å². The van der Waals surface area contributed by atoms with Crippen LogP contribution in [0, 0.1) is 0 Å². The summed E-state index contributed by atoms with van der Waals surface area (Å²) in [6.45, 7) is 0.668. The molecule has 3 N–H and O–H groups in total. The molecule has 31 heavy (non-hydrogen) atoms. The van der Waals surface area contributed by atoms with Gasteiger partial charge in [-0.1, -0.05) is 12.1 Å². The number of aromatic nitrogens is 2. The molecule has 0 aliphatic carbocycles. The van der Waals surface area contributed by atoms with Crippen LogP contribution in [0.1, 0.15) is 21.3 Å². The first-order chi connectivity index (χ1) is 15.0. The number of carbonyl (C=O) groups excluding carboxylic acids is 1. The molecular formula is C23H25N5O2S. The topological polar surface area (TPSA) is 82.3 Å². The molecule has 160 valence electrons.